The van der Waals surface area contributed by atoms with Crippen molar-refractivity contribution in [3.8, 4) is 0 Å². The highest BCUT2D eigenvalue weighted by atomic mass is 16.5. The van der Waals surface area contributed by atoms with E-state index in [-0.39, 0.29) is 11.6 Å². The largest absolute Gasteiger partial charge is 0.450 e. The number of ether oxygens (including phenoxy) is 1. The zero-order valence-electron chi connectivity index (χ0n) is 11.4. The van der Waals surface area contributed by atoms with Gasteiger partial charge in [-0.25, -0.2) is 4.79 Å². The lowest BCUT2D eigenvalue weighted by Gasteiger charge is -2.56. The van der Waals surface area contributed by atoms with Crippen molar-refractivity contribution in [2.24, 2.45) is 17.8 Å². The summed E-state index contributed by atoms with van der Waals surface area (Å²) < 4.78 is 5.27. The highest BCUT2D eigenvalue weighted by Gasteiger charge is 2.51. The van der Waals surface area contributed by atoms with Gasteiger partial charge in [-0.15, -0.1) is 0 Å². The van der Waals surface area contributed by atoms with Crippen molar-refractivity contribution < 1.29 is 9.53 Å². The normalized spacial score (nSPS) is 40.8. The number of hydrogen-bond donors (Lipinski definition) is 1. The first-order valence-corrected chi connectivity index (χ1v) is 7.64. The number of nitrogens with one attached hydrogen (secondary N) is 1. The molecule has 0 heterocycles. The third kappa shape index (κ3) is 2.36. The fourth-order valence-corrected chi connectivity index (χ4v) is 4.83. The van der Waals surface area contributed by atoms with Crippen molar-refractivity contribution in [2.45, 2.75) is 63.8 Å². The molecule has 0 aliphatic heterocycles. The van der Waals surface area contributed by atoms with E-state index >= 15 is 0 Å². The van der Waals surface area contributed by atoms with Crippen LogP contribution in [0.5, 0.6) is 0 Å². The molecule has 102 valence electrons. The lowest BCUT2D eigenvalue weighted by Crippen LogP contribution is -2.59. The van der Waals surface area contributed by atoms with E-state index in [0.29, 0.717) is 6.61 Å². The fourth-order valence-electron chi connectivity index (χ4n) is 4.83. The van der Waals surface area contributed by atoms with E-state index in [4.69, 9.17) is 4.74 Å². The standard InChI is InChI=1S/C15H25NO2/c1-2-3-4-18-14(17)16-15-8-11-5-12(9-15)7-13(6-11)10-15/h11-13H,2-10H2,1H3,(H,16,17). The SMILES string of the molecule is CCCCOC(=O)NC12CC3CC(CC(C3)C1)C2. The Kier molecular flexibility index (Phi) is 3.25. The predicted octanol–water partition coefficient (Wildman–Crippen LogP) is 3.48. The van der Waals surface area contributed by atoms with Crippen LogP contribution < -0.4 is 5.32 Å². The molecule has 0 spiro atoms. The summed E-state index contributed by atoms with van der Waals surface area (Å²) in [5.41, 5.74) is 0.0953. The van der Waals surface area contributed by atoms with Gasteiger partial charge in [0.2, 0.25) is 0 Å². The Balaban J connectivity index is 1.57. The lowest BCUT2D eigenvalue weighted by atomic mass is 9.53. The highest BCUT2D eigenvalue weighted by molar-refractivity contribution is 5.68. The van der Waals surface area contributed by atoms with E-state index in [0.717, 1.165) is 30.6 Å². The van der Waals surface area contributed by atoms with E-state index < -0.39 is 0 Å². The van der Waals surface area contributed by atoms with Gasteiger partial charge in [0, 0.05) is 5.54 Å². The van der Waals surface area contributed by atoms with Crippen molar-refractivity contribution in [1.29, 1.82) is 0 Å². The molecule has 4 fully saturated rings. The molecule has 0 radical (unpaired) electrons. The molecule has 4 aliphatic carbocycles. The van der Waals surface area contributed by atoms with Crippen LogP contribution in [-0.4, -0.2) is 18.2 Å². The number of carbonyl (C=O) groups excluding carboxylic acids is 1. The maximum atomic E-state index is 11.9. The van der Waals surface area contributed by atoms with Gasteiger partial charge in [0.05, 0.1) is 6.61 Å². The summed E-state index contributed by atoms with van der Waals surface area (Å²) in [6, 6.07) is 0. The molecule has 4 saturated carbocycles. The van der Waals surface area contributed by atoms with E-state index in [9.17, 15) is 4.79 Å². The third-order valence-electron chi connectivity index (χ3n) is 5.14. The van der Waals surface area contributed by atoms with Crippen molar-refractivity contribution >= 4 is 6.09 Å². The molecule has 4 bridgehead atoms. The number of unbranched alkanes of at least 4 members (excludes halogenated alkanes) is 1. The summed E-state index contributed by atoms with van der Waals surface area (Å²) in [5, 5.41) is 3.22. The Bertz CT molecular complexity index is 291. The Hall–Kier alpha value is -0.730. The molecule has 3 heteroatoms. The molecule has 0 unspecified atom stereocenters. The van der Waals surface area contributed by atoms with Crippen molar-refractivity contribution in [3.05, 3.63) is 0 Å². The molecule has 0 aromatic carbocycles. The Morgan fingerprint density at radius 1 is 1.17 bits per heavy atom. The average Bonchev–Trinajstić information content (AvgIpc) is 2.26. The first-order chi connectivity index (χ1) is 8.69. The summed E-state index contributed by atoms with van der Waals surface area (Å²) in [4.78, 5) is 11.9. The summed E-state index contributed by atoms with van der Waals surface area (Å²) in [5.74, 6) is 2.60. The Morgan fingerprint density at radius 2 is 1.72 bits per heavy atom. The van der Waals surface area contributed by atoms with Gasteiger partial charge in [-0.1, -0.05) is 13.3 Å². The molecule has 1 amide bonds. The van der Waals surface area contributed by atoms with Crippen molar-refractivity contribution in [3.63, 3.8) is 0 Å². The Labute approximate surface area is 110 Å². The second kappa shape index (κ2) is 4.75. The van der Waals surface area contributed by atoms with Gasteiger partial charge in [-0.3, -0.25) is 0 Å². The number of rotatable bonds is 4. The molecule has 3 nitrogen and oxygen atoms in total. The first kappa shape index (κ1) is 12.3. The van der Waals surface area contributed by atoms with Crippen LogP contribution in [0.3, 0.4) is 0 Å². The zero-order chi connectivity index (χ0) is 12.6. The van der Waals surface area contributed by atoms with Crippen LogP contribution in [0.25, 0.3) is 0 Å². The van der Waals surface area contributed by atoms with Crippen LogP contribution in [0.1, 0.15) is 58.3 Å². The molecule has 0 saturated heterocycles. The average molecular weight is 251 g/mol. The topological polar surface area (TPSA) is 38.3 Å². The zero-order valence-corrected chi connectivity index (χ0v) is 11.4. The van der Waals surface area contributed by atoms with Crippen LogP contribution in [-0.2, 0) is 4.74 Å². The highest BCUT2D eigenvalue weighted by Crippen LogP contribution is 2.55. The first-order valence-electron chi connectivity index (χ1n) is 7.64. The minimum Gasteiger partial charge on any atom is -0.450 e. The van der Waals surface area contributed by atoms with E-state index in [2.05, 4.69) is 12.2 Å². The smallest absolute Gasteiger partial charge is 0.407 e. The van der Waals surface area contributed by atoms with Gasteiger partial charge in [-0.05, 0) is 62.7 Å². The molecular formula is C15H25NO2. The summed E-state index contributed by atoms with van der Waals surface area (Å²) in [6.07, 6.45) is 9.68. The second-order valence-electron chi connectivity index (χ2n) is 6.81. The molecule has 1 N–H and O–H groups in total. The molecular weight excluding hydrogens is 226 g/mol. The molecule has 4 rings (SSSR count). The minimum absolute atomic E-state index is 0.0953. The maximum absolute atomic E-state index is 11.9. The molecule has 4 aliphatic rings. The van der Waals surface area contributed by atoms with Gasteiger partial charge >= 0.3 is 6.09 Å². The summed E-state index contributed by atoms with van der Waals surface area (Å²) in [7, 11) is 0. The van der Waals surface area contributed by atoms with Gasteiger partial charge in [-0.2, -0.15) is 0 Å². The second-order valence-corrected chi connectivity index (χ2v) is 6.81. The molecule has 0 aromatic rings. The monoisotopic (exact) mass is 251 g/mol. The summed E-state index contributed by atoms with van der Waals surface area (Å²) >= 11 is 0. The minimum atomic E-state index is -0.176. The fraction of sp³-hybridized carbons (Fsp3) is 0.933. The maximum Gasteiger partial charge on any atom is 0.407 e. The Morgan fingerprint density at radius 3 is 2.22 bits per heavy atom. The summed E-state index contributed by atoms with van der Waals surface area (Å²) in [6.45, 7) is 2.68. The van der Waals surface area contributed by atoms with Crippen LogP contribution in [0.2, 0.25) is 0 Å². The molecule has 0 atom stereocenters. The van der Waals surface area contributed by atoms with Crippen LogP contribution in [0.15, 0.2) is 0 Å². The van der Waals surface area contributed by atoms with Gasteiger partial charge in [0.1, 0.15) is 0 Å². The van der Waals surface area contributed by atoms with E-state index in [1.807, 2.05) is 0 Å². The molecule has 0 aromatic heterocycles. The molecule has 18 heavy (non-hydrogen) atoms. The third-order valence-corrected chi connectivity index (χ3v) is 5.14. The predicted molar refractivity (Wildman–Crippen MR) is 70.3 cm³/mol. The van der Waals surface area contributed by atoms with E-state index in [1.165, 1.54) is 38.5 Å². The van der Waals surface area contributed by atoms with E-state index in [1.54, 1.807) is 0 Å². The number of carbonyl (C=O) groups is 1. The van der Waals surface area contributed by atoms with Crippen molar-refractivity contribution in [1.82, 2.24) is 5.32 Å². The number of hydrogen-bond acceptors (Lipinski definition) is 2. The lowest BCUT2D eigenvalue weighted by molar-refractivity contribution is -0.0191. The number of alkyl carbamates (subject to hydrolysis) is 1. The van der Waals surface area contributed by atoms with Gasteiger partial charge in [0.15, 0.2) is 0 Å². The van der Waals surface area contributed by atoms with Crippen LogP contribution >= 0.6 is 0 Å². The van der Waals surface area contributed by atoms with Crippen LogP contribution in [0.4, 0.5) is 4.79 Å². The quantitative estimate of drug-likeness (QED) is 0.777. The van der Waals surface area contributed by atoms with Gasteiger partial charge < -0.3 is 10.1 Å². The van der Waals surface area contributed by atoms with Crippen LogP contribution in [0, 0.1) is 17.8 Å². The van der Waals surface area contributed by atoms with Gasteiger partial charge in [0.25, 0.3) is 0 Å². The number of amides is 1. The van der Waals surface area contributed by atoms with Crippen molar-refractivity contribution in [2.75, 3.05) is 6.61 Å².